The lowest BCUT2D eigenvalue weighted by molar-refractivity contribution is -0.123. The number of aromatic nitrogens is 6. The monoisotopic (exact) mass is 660 g/mol. The van der Waals surface area contributed by atoms with Crippen molar-refractivity contribution in [2.45, 2.75) is 32.9 Å². The molecule has 6 rings (SSSR count). The number of benzene rings is 3. The van der Waals surface area contributed by atoms with Gasteiger partial charge >= 0.3 is 0 Å². The van der Waals surface area contributed by atoms with Crippen LogP contribution in [0.1, 0.15) is 36.7 Å². The molecule has 12 nitrogen and oxygen atoms in total. The summed E-state index contributed by atoms with van der Waals surface area (Å²) in [6, 6.07) is 19.1. The van der Waals surface area contributed by atoms with E-state index in [9.17, 15) is 19.5 Å². The van der Waals surface area contributed by atoms with Crippen molar-refractivity contribution in [3.8, 4) is 28.8 Å². The summed E-state index contributed by atoms with van der Waals surface area (Å²) in [6.45, 7) is 1.45. The highest BCUT2D eigenvalue weighted by molar-refractivity contribution is 6.31. The SMILES string of the molecule is CC(=O)NCC(=O)CCC#Cc1cccc2nc(Cn3nc(-c4cccc(O)c4)c4c(N)ncnc43)n(Cc3ccccc3Cl)c(=O)c12. The van der Waals surface area contributed by atoms with E-state index >= 15 is 0 Å². The number of hydrogen-bond donors (Lipinski definition) is 3. The number of nitrogens with one attached hydrogen (secondary N) is 1. The van der Waals surface area contributed by atoms with Crippen LogP contribution in [0.4, 0.5) is 5.82 Å². The Kier molecular flexibility index (Phi) is 9.13. The highest BCUT2D eigenvalue weighted by atomic mass is 35.5. The molecular weight excluding hydrogens is 632 g/mol. The second kappa shape index (κ2) is 13.7. The number of aromatic hydroxyl groups is 1. The number of carbonyl (C=O) groups excluding carboxylic acids is 2. The predicted octanol–water partition coefficient (Wildman–Crippen LogP) is 4.08. The normalized spacial score (nSPS) is 11.0. The van der Waals surface area contributed by atoms with Crippen molar-refractivity contribution in [2.24, 2.45) is 0 Å². The summed E-state index contributed by atoms with van der Waals surface area (Å²) >= 11 is 6.54. The van der Waals surface area contributed by atoms with E-state index in [1.54, 1.807) is 53.2 Å². The molecule has 0 fully saturated rings. The lowest BCUT2D eigenvalue weighted by Gasteiger charge is -2.15. The number of ketones is 1. The first kappa shape index (κ1) is 31.9. The largest absolute Gasteiger partial charge is 0.508 e. The number of rotatable bonds is 9. The molecule has 0 aliphatic carbocycles. The number of carbonyl (C=O) groups is 2. The molecule has 48 heavy (non-hydrogen) atoms. The van der Waals surface area contributed by atoms with Gasteiger partial charge in [-0.25, -0.2) is 19.6 Å². The Morgan fingerprint density at radius 2 is 1.83 bits per heavy atom. The maximum atomic E-state index is 14.4. The lowest BCUT2D eigenvalue weighted by Crippen LogP contribution is -2.28. The number of halogens is 1. The molecule has 240 valence electrons. The van der Waals surface area contributed by atoms with Crippen LogP contribution < -0.4 is 16.6 Å². The number of anilines is 1. The number of phenols is 1. The van der Waals surface area contributed by atoms with E-state index in [4.69, 9.17) is 27.4 Å². The molecule has 0 spiro atoms. The molecule has 0 saturated heterocycles. The fourth-order valence-electron chi connectivity index (χ4n) is 5.30. The summed E-state index contributed by atoms with van der Waals surface area (Å²) in [6.07, 6.45) is 1.76. The van der Waals surface area contributed by atoms with Gasteiger partial charge in [0.2, 0.25) is 5.91 Å². The zero-order valence-electron chi connectivity index (χ0n) is 25.8. The minimum atomic E-state index is -0.333. The third kappa shape index (κ3) is 6.72. The molecule has 0 radical (unpaired) electrons. The maximum absolute atomic E-state index is 14.4. The van der Waals surface area contributed by atoms with E-state index < -0.39 is 0 Å². The van der Waals surface area contributed by atoms with Crippen LogP contribution >= 0.6 is 11.6 Å². The molecule has 3 aromatic heterocycles. The number of nitrogens with two attached hydrogens (primary N) is 1. The topological polar surface area (TPSA) is 171 Å². The second-order valence-corrected chi connectivity index (χ2v) is 11.4. The Morgan fingerprint density at radius 3 is 2.62 bits per heavy atom. The first-order chi connectivity index (χ1) is 23.2. The third-order valence-corrected chi connectivity index (χ3v) is 7.97. The molecule has 0 saturated carbocycles. The minimum Gasteiger partial charge on any atom is -0.508 e. The van der Waals surface area contributed by atoms with E-state index in [0.717, 1.165) is 0 Å². The number of nitrogens with zero attached hydrogens (tertiary/aromatic N) is 6. The first-order valence-corrected chi connectivity index (χ1v) is 15.3. The summed E-state index contributed by atoms with van der Waals surface area (Å²) in [5.41, 5.74) is 9.07. The Bertz CT molecular complexity index is 2340. The van der Waals surface area contributed by atoms with Crippen molar-refractivity contribution < 1.29 is 14.7 Å². The summed E-state index contributed by atoms with van der Waals surface area (Å²) < 4.78 is 3.14. The standard InChI is InChI=1S/C35H29ClN8O4/c1-21(45)38-17-26(47)12-4-2-8-22-10-7-15-28-30(22)35(48)43(18-24-9-3-5-14-27(24)36)29(41-28)19-44-34-31(33(37)39-20-40-34)32(42-44)23-11-6-13-25(46)16-23/h3,5-7,9-11,13-16,20,46H,4,12,17-19H2,1H3,(H,38,45)(H2,37,39,40). The lowest BCUT2D eigenvalue weighted by atomic mass is 10.1. The Labute approximate surface area is 279 Å². The van der Waals surface area contributed by atoms with Gasteiger partial charge in [-0.3, -0.25) is 19.0 Å². The van der Waals surface area contributed by atoms with Gasteiger partial charge in [-0.1, -0.05) is 59.8 Å². The summed E-state index contributed by atoms with van der Waals surface area (Å²) in [5.74, 6) is 6.25. The molecule has 0 unspecified atom stereocenters. The minimum absolute atomic E-state index is 0.0354. The zero-order valence-corrected chi connectivity index (χ0v) is 26.5. The summed E-state index contributed by atoms with van der Waals surface area (Å²) in [7, 11) is 0. The van der Waals surface area contributed by atoms with Crippen LogP contribution in [0.3, 0.4) is 0 Å². The molecule has 0 aliphatic heterocycles. The van der Waals surface area contributed by atoms with Gasteiger partial charge in [0.05, 0.1) is 29.4 Å². The van der Waals surface area contributed by atoms with Gasteiger partial charge in [-0.15, -0.1) is 0 Å². The van der Waals surface area contributed by atoms with E-state index in [0.29, 0.717) is 55.2 Å². The predicted molar refractivity (Wildman–Crippen MR) is 182 cm³/mol. The van der Waals surface area contributed by atoms with Gasteiger partial charge < -0.3 is 16.2 Å². The van der Waals surface area contributed by atoms with Crippen LogP contribution in [0.5, 0.6) is 5.75 Å². The zero-order chi connectivity index (χ0) is 33.8. The number of phenolic OH excluding ortho intramolecular Hbond substituents is 1. The Hall–Kier alpha value is -6.06. The highest BCUT2D eigenvalue weighted by Gasteiger charge is 2.21. The van der Waals surface area contributed by atoms with Gasteiger partial charge in [0.1, 0.15) is 36.0 Å². The van der Waals surface area contributed by atoms with Gasteiger partial charge in [-0.05, 0) is 35.9 Å². The van der Waals surface area contributed by atoms with Gasteiger partial charge in [0.15, 0.2) is 11.4 Å². The van der Waals surface area contributed by atoms with Crippen LogP contribution in [-0.2, 0) is 22.7 Å². The molecule has 3 aromatic carbocycles. The van der Waals surface area contributed by atoms with E-state index in [2.05, 4.69) is 27.1 Å². The number of Topliss-reactive ketones (excluding diaryl/α,β-unsaturated/α-hetero) is 1. The summed E-state index contributed by atoms with van der Waals surface area (Å²) in [5, 5.41) is 18.7. The van der Waals surface area contributed by atoms with E-state index in [1.165, 1.54) is 17.8 Å². The van der Waals surface area contributed by atoms with Crippen molar-refractivity contribution >= 4 is 51.0 Å². The smallest absolute Gasteiger partial charge is 0.263 e. The molecule has 4 N–H and O–H groups in total. The van der Waals surface area contributed by atoms with Crippen LogP contribution in [0.2, 0.25) is 5.02 Å². The molecule has 1 amide bonds. The molecule has 0 aliphatic rings. The van der Waals surface area contributed by atoms with E-state index in [1.807, 2.05) is 18.2 Å². The van der Waals surface area contributed by atoms with Crippen LogP contribution in [0, 0.1) is 11.8 Å². The second-order valence-electron chi connectivity index (χ2n) is 11.0. The number of hydrogen-bond acceptors (Lipinski definition) is 9. The Morgan fingerprint density at radius 1 is 1.02 bits per heavy atom. The van der Waals surface area contributed by atoms with E-state index in [-0.39, 0.29) is 61.3 Å². The molecule has 0 bridgehead atoms. The first-order valence-electron chi connectivity index (χ1n) is 15.0. The van der Waals surface area contributed by atoms with Crippen molar-refractivity contribution in [2.75, 3.05) is 12.3 Å². The van der Waals surface area contributed by atoms with Crippen LogP contribution in [0.15, 0.2) is 77.9 Å². The van der Waals surface area contributed by atoms with Crippen LogP contribution in [0.25, 0.3) is 33.2 Å². The fourth-order valence-corrected chi connectivity index (χ4v) is 5.49. The molecular formula is C35H29ClN8O4. The Balaban J connectivity index is 1.45. The van der Waals surface area contributed by atoms with Crippen molar-refractivity contribution in [1.29, 1.82) is 0 Å². The number of amides is 1. The number of nitrogen functional groups attached to an aromatic ring is 1. The summed E-state index contributed by atoms with van der Waals surface area (Å²) in [4.78, 5) is 51.1. The third-order valence-electron chi connectivity index (χ3n) is 7.60. The average molecular weight is 661 g/mol. The van der Waals surface area contributed by atoms with Crippen molar-refractivity contribution in [1.82, 2.24) is 34.6 Å². The fraction of sp³-hybridized carbons (Fsp3) is 0.171. The molecule has 3 heterocycles. The van der Waals surface area contributed by atoms with Gasteiger partial charge in [0, 0.05) is 35.9 Å². The average Bonchev–Trinajstić information content (AvgIpc) is 3.44. The van der Waals surface area contributed by atoms with Gasteiger partial charge in [0.25, 0.3) is 5.56 Å². The molecule has 13 heteroatoms. The maximum Gasteiger partial charge on any atom is 0.263 e. The van der Waals surface area contributed by atoms with Gasteiger partial charge in [-0.2, -0.15) is 5.10 Å². The quantitative estimate of drug-likeness (QED) is 0.193. The number of fused-ring (bicyclic) bond motifs is 2. The molecule has 6 aromatic rings. The molecule has 0 atom stereocenters. The van der Waals surface area contributed by atoms with Crippen molar-refractivity contribution in [3.05, 3.63) is 105 Å². The van der Waals surface area contributed by atoms with Crippen LogP contribution in [-0.4, -0.2) is 52.6 Å². The highest BCUT2D eigenvalue weighted by Crippen LogP contribution is 2.32. The van der Waals surface area contributed by atoms with Crippen molar-refractivity contribution in [3.63, 3.8) is 0 Å².